The number of hydrogen-bond acceptors (Lipinski definition) is 7. The van der Waals surface area contributed by atoms with Gasteiger partial charge in [0.25, 0.3) is 0 Å². The fourth-order valence-corrected chi connectivity index (χ4v) is 5.79. The summed E-state index contributed by atoms with van der Waals surface area (Å²) in [6.45, 7) is 1.58. The number of carboxylic acid groups (broad SMARTS) is 1. The minimum Gasteiger partial charge on any atom is -0.480 e. The van der Waals surface area contributed by atoms with Gasteiger partial charge >= 0.3 is 12.1 Å². The predicted molar refractivity (Wildman–Crippen MR) is 146 cm³/mol. The number of carboxylic acids is 1. The Bertz CT molecular complexity index is 1470. The number of nitrogen functional groups attached to an aromatic ring is 1. The van der Waals surface area contributed by atoms with E-state index in [9.17, 15) is 27.5 Å². The van der Waals surface area contributed by atoms with Crippen LogP contribution in [-0.4, -0.2) is 52.9 Å². The molecule has 1 unspecified atom stereocenters. The standard InChI is InChI=1S/C27H25Cl2F4N5O3/c28-15-2-3-16(17(10-15)14-1-4-19(30)18(29)9-14)23(27(31,32)33)41-22-11-21(36-25(34)37-22)38-7-5-26(6-8-38)12-20(24(39)40)35-13-26/h1-4,9-11,20,23,35H,5-8,12-13H2,(H,39,40)(H2,34,36,37)/t20-,23?/m0/s1. The van der Waals surface area contributed by atoms with Gasteiger partial charge < -0.3 is 25.8 Å². The highest BCUT2D eigenvalue weighted by molar-refractivity contribution is 6.31. The summed E-state index contributed by atoms with van der Waals surface area (Å²) in [5.41, 5.74) is 5.68. The van der Waals surface area contributed by atoms with Gasteiger partial charge in [0, 0.05) is 36.3 Å². The average molecular weight is 614 g/mol. The van der Waals surface area contributed by atoms with Crippen LogP contribution in [0.25, 0.3) is 11.1 Å². The lowest BCUT2D eigenvalue weighted by molar-refractivity contribution is -0.198. The summed E-state index contributed by atoms with van der Waals surface area (Å²) in [5.74, 6) is -1.97. The maximum atomic E-state index is 14.5. The van der Waals surface area contributed by atoms with Crippen molar-refractivity contribution >= 4 is 40.9 Å². The number of nitrogens with zero attached hydrogens (tertiary/aromatic N) is 3. The van der Waals surface area contributed by atoms with Crippen molar-refractivity contribution < 1.29 is 32.2 Å². The van der Waals surface area contributed by atoms with E-state index in [1.807, 2.05) is 4.90 Å². The Kier molecular flexibility index (Phi) is 7.92. The highest BCUT2D eigenvalue weighted by Gasteiger charge is 2.46. The first-order chi connectivity index (χ1) is 19.3. The lowest BCUT2D eigenvalue weighted by Gasteiger charge is -2.39. The lowest BCUT2D eigenvalue weighted by atomic mass is 9.76. The van der Waals surface area contributed by atoms with Crippen molar-refractivity contribution in [2.24, 2.45) is 5.41 Å². The number of aliphatic carboxylic acids is 1. The van der Waals surface area contributed by atoms with Crippen molar-refractivity contribution in [1.82, 2.24) is 15.3 Å². The molecule has 0 aliphatic carbocycles. The smallest absolute Gasteiger partial charge is 0.429 e. The fourth-order valence-electron chi connectivity index (χ4n) is 5.43. The summed E-state index contributed by atoms with van der Waals surface area (Å²) in [4.78, 5) is 21.3. The van der Waals surface area contributed by atoms with E-state index in [-0.39, 0.29) is 44.0 Å². The second-order valence-corrected chi connectivity index (χ2v) is 11.1. The zero-order chi connectivity index (χ0) is 29.5. The molecule has 2 aliphatic heterocycles. The molecule has 2 aromatic carbocycles. The number of carbonyl (C=O) groups is 1. The van der Waals surface area contributed by atoms with Gasteiger partial charge in [-0.2, -0.15) is 23.1 Å². The minimum atomic E-state index is -4.89. The third-order valence-electron chi connectivity index (χ3n) is 7.58. The van der Waals surface area contributed by atoms with Crippen molar-refractivity contribution in [3.8, 4) is 17.0 Å². The van der Waals surface area contributed by atoms with Crippen LogP contribution >= 0.6 is 23.2 Å². The molecule has 5 rings (SSSR count). The minimum absolute atomic E-state index is 0.0511. The predicted octanol–water partition coefficient (Wildman–Crippen LogP) is 5.89. The van der Waals surface area contributed by atoms with Gasteiger partial charge in [0.05, 0.1) is 5.02 Å². The molecule has 14 heteroatoms. The Labute approximate surface area is 242 Å². The number of nitrogens with two attached hydrogens (primary N) is 1. The molecule has 2 atom stereocenters. The molecular formula is C27H25Cl2F4N5O3. The number of piperidine rings is 1. The zero-order valence-electron chi connectivity index (χ0n) is 21.4. The number of nitrogens with one attached hydrogen (secondary N) is 1. The number of ether oxygens (including phenoxy) is 1. The molecule has 1 spiro atoms. The summed E-state index contributed by atoms with van der Waals surface area (Å²) in [7, 11) is 0. The van der Waals surface area contributed by atoms with Gasteiger partial charge in [0.1, 0.15) is 17.7 Å². The van der Waals surface area contributed by atoms with Crippen molar-refractivity contribution in [3.63, 3.8) is 0 Å². The van der Waals surface area contributed by atoms with Crippen molar-refractivity contribution in [2.45, 2.75) is 37.6 Å². The Morgan fingerprint density at radius 2 is 1.88 bits per heavy atom. The number of hydrogen-bond donors (Lipinski definition) is 3. The van der Waals surface area contributed by atoms with Crippen molar-refractivity contribution in [2.75, 3.05) is 30.3 Å². The van der Waals surface area contributed by atoms with E-state index in [4.69, 9.17) is 33.7 Å². The molecule has 4 N–H and O–H groups in total. The Balaban J connectivity index is 1.42. The van der Waals surface area contributed by atoms with Crippen LogP contribution in [0, 0.1) is 11.2 Å². The first-order valence-corrected chi connectivity index (χ1v) is 13.4. The van der Waals surface area contributed by atoms with Crippen LogP contribution < -0.4 is 20.7 Å². The molecule has 41 heavy (non-hydrogen) atoms. The van der Waals surface area contributed by atoms with Gasteiger partial charge in [-0.05, 0) is 60.1 Å². The van der Waals surface area contributed by atoms with E-state index in [1.54, 1.807) is 0 Å². The molecule has 0 bridgehead atoms. The van der Waals surface area contributed by atoms with Crippen LogP contribution in [0.3, 0.4) is 0 Å². The van der Waals surface area contributed by atoms with Crippen LogP contribution in [0.15, 0.2) is 42.5 Å². The second-order valence-electron chi connectivity index (χ2n) is 10.3. The Morgan fingerprint density at radius 3 is 2.51 bits per heavy atom. The molecule has 218 valence electrons. The van der Waals surface area contributed by atoms with Gasteiger partial charge in [-0.25, -0.2) is 4.39 Å². The number of aromatic nitrogens is 2. The van der Waals surface area contributed by atoms with Gasteiger partial charge in [-0.3, -0.25) is 4.79 Å². The monoisotopic (exact) mass is 613 g/mol. The largest absolute Gasteiger partial charge is 0.480 e. The van der Waals surface area contributed by atoms with Crippen molar-refractivity contribution in [1.29, 1.82) is 0 Å². The Hall–Kier alpha value is -3.35. The van der Waals surface area contributed by atoms with E-state index >= 15 is 0 Å². The number of alkyl halides is 3. The summed E-state index contributed by atoms with van der Waals surface area (Å²) in [6, 6.07) is 8.05. The third kappa shape index (κ3) is 6.29. The van der Waals surface area contributed by atoms with Crippen LogP contribution in [0.5, 0.6) is 5.88 Å². The molecule has 2 saturated heterocycles. The van der Waals surface area contributed by atoms with Gasteiger partial charge in [0.2, 0.25) is 17.9 Å². The van der Waals surface area contributed by atoms with E-state index in [1.165, 1.54) is 36.4 Å². The number of halogens is 6. The number of benzene rings is 2. The topological polar surface area (TPSA) is 114 Å². The molecular weight excluding hydrogens is 589 g/mol. The molecule has 0 amide bonds. The summed E-state index contributed by atoms with van der Waals surface area (Å²) < 4.78 is 62.6. The maximum absolute atomic E-state index is 14.5. The first-order valence-electron chi connectivity index (χ1n) is 12.7. The quantitative estimate of drug-likeness (QED) is 0.295. The zero-order valence-corrected chi connectivity index (χ0v) is 22.9. The summed E-state index contributed by atoms with van der Waals surface area (Å²) in [6.07, 6.45) is -5.53. The molecule has 1 aromatic heterocycles. The van der Waals surface area contributed by atoms with Crippen LogP contribution in [-0.2, 0) is 4.79 Å². The van der Waals surface area contributed by atoms with E-state index in [2.05, 4.69) is 15.3 Å². The van der Waals surface area contributed by atoms with Crippen LogP contribution in [0.2, 0.25) is 10.0 Å². The molecule has 0 radical (unpaired) electrons. The van der Waals surface area contributed by atoms with Gasteiger partial charge in [0.15, 0.2) is 0 Å². The number of rotatable bonds is 6. The molecule has 0 saturated carbocycles. The fraction of sp³-hybridized carbons (Fsp3) is 0.370. The highest BCUT2D eigenvalue weighted by atomic mass is 35.5. The summed E-state index contributed by atoms with van der Waals surface area (Å²) in [5, 5.41) is 12.3. The number of anilines is 2. The van der Waals surface area contributed by atoms with E-state index in [0.717, 1.165) is 6.07 Å². The average Bonchev–Trinajstić information content (AvgIpc) is 3.32. The second kappa shape index (κ2) is 11.1. The molecule has 3 aromatic rings. The molecule has 2 aliphatic rings. The molecule has 2 fully saturated rings. The lowest BCUT2D eigenvalue weighted by Crippen LogP contribution is -2.41. The van der Waals surface area contributed by atoms with E-state index in [0.29, 0.717) is 44.7 Å². The van der Waals surface area contributed by atoms with Gasteiger partial charge in [-0.1, -0.05) is 35.3 Å². The normalized spacial score (nSPS) is 19.4. The summed E-state index contributed by atoms with van der Waals surface area (Å²) >= 11 is 12.0. The Morgan fingerprint density at radius 1 is 1.15 bits per heavy atom. The maximum Gasteiger partial charge on any atom is 0.429 e. The SMILES string of the molecule is Nc1nc(OC(c2ccc(Cl)cc2-c2ccc(F)c(Cl)c2)C(F)(F)F)cc(N2CCC3(CC2)CN[C@H](C(=O)O)C3)n1. The van der Waals surface area contributed by atoms with Crippen LogP contribution in [0.4, 0.5) is 29.3 Å². The molecule has 8 nitrogen and oxygen atoms in total. The highest BCUT2D eigenvalue weighted by Crippen LogP contribution is 2.44. The van der Waals surface area contributed by atoms with E-state index < -0.39 is 30.1 Å². The van der Waals surface area contributed by atoms with Crippen molar-refractivity contribution in [3.05, 3.63) is 63.9 Å². The third-order valence-corrected chi connectivity index (χ3v) is 8.10. The molecule has 3 heterocycles. The van der Waals surface area contributed by atoms with Crippen LogP contribution in [0.1, 0.15) is 30.9 Å². The van der Waals surface area contributed by atoms with Gasteiger partial charge in [-0.15, -0.1) is 0 Å². The first kappa shape index (κ1) is 29.2.